The molecule has 2 fully saturated rings. The van der Waals surface area contributed by atoms with Crippen LogP contribution in [0.25, 0.3) is 0 Å². The van der Waals surface area contributed by atoms with Crippen LogP contribution in [0.1, 0.15) is 25.7 Å². The summed E-state index contributed by atoms with van der Waals surface area (Å²) in [4.78, 5) is 16.6. The smallest absolute Gasteiger partial charge is 0.244 e. The summed E-state index contributed by atoms with van der Waals surface area (Å²) >= 11 is 0. The Kier molecular flexibility index (Phi) is 3.66. The Balaban J connectivity index is 1.72. The van der Waals surface area contributed by atoms with Crippen LogP contribution in [0.3, 0.4) is 0 Å². The number of carbonyl (C=O) groups is 1. The van der Waals surface area contributed by atoms with Gasteiger partial charge in [-0.3, -0.25) is 4.79 Å². The fourth-order valence-corrected chi connectivity index (χ4v) is 2.75. The standard InChI is InChI=1S/C16H23N3O/c1-18(2)13-7-9-14(10-8-13)19-11-3-4-15(16(19)20)17-12-5-6-12/h7-10,12,15,17H,3-6,11H2,1-2H3. The lowest BCUT2D eigenvalue weighted by Gasteiger charge is -2.33. The second-order valence-corrected chi connectivity index (χ2v) is 6.04. The summed E-state index contributed by atoms with van der Waals surface area (Å²) in [6, 6.07) is 8.84. The van der Waals surface area contributed by atoms with Crippen molar-refractivity contribution in [3.63, 3.8) is 0 Å². The fourth-order valence-electron chi connectivity index (χ4n) is 2.75. The maximum absolute atomic E-state index is 12.6. The van der Waals surface area contributed by atoms with Gasteiger partial charge in [0.25, 0.3) is 0 Å². The summed E-state index contributed by atoms with van der Waals surface area (Å²) < 4.78 is 0. The molecule has 1 aliphatic carbocycles. The largest absolute Gasteiger partial charge is 0.378 e. The second-order valence-electron chi connectivity index (χ2n) is 6.04. The molecule has 1 saturated carbocycles. The number of benzene rings is 1. The van der Waals surface area contributed by atoms with Crippen LogP contribution in [0.4, 0.5) is 11.4 Å². The molecule has 1 aromatic carbocycles. The summed E-state index contributed by atoms with van der Waals surface area (Å²) in [5.74, 6) is 0.237. The molecular formula is C16H23N3O. The van der Waals surface area contributed by atoms with Crippen molar-refractivity contribution < 1.29 is 4.79 Å². The number of anilines is 2. The lowest BCUT2D eigenvalue weighted by molar-refractivity contribution is -0.121. The topological polar surface area (TPSA) is 35.6 Å². The SMILES string of the molecule is CN(C)c1ccc(N2CCCC(NC3CC3)C2=O)cc1. The molecule has 108 valence electrons. The van der Waals surface area contributed by atoms with Gasteiger partial charge < -0.3 is 15.1 Å². The number of hydrogen-bond donors (Lipinski definition) is 1. The van der Waals surface area contributed by atoms with Gasteiger partial charge in [0.05, 0.1) is 6.04 Å². The normalized spacial score (nSPS) is 23.0. The van der Waals surface area contributed by atoms with Crippen molar-refractivity contribution in [2.75, 3.05) is 30.4 Å². The Hall–Kier alpha value is -1.55. The summed E-state index contributed by atoms with van der Waals surface area (Å²) in [7, 11) is 4.05. The summed E-state index contributed by atoms with van der Waals surface area (Å²) in [6.45, 7) is 0.836. The first-order chi connectivity index (χ1) is 9.65. The Morgan fingerprint density at radius 1 is 1.15 bits per heavy atom. The number of nitrogens with one attached hydrogen (secondary N) is 1. The Labute approximate surface area is 120 Å². The van der Waals surface area contributed by atoms with Crippen LogP contribution >= 0.6 is 0 Å². The number of nitrogens with zero attached hydrogens (tertiary/aromatic N) is 2. The Morgan fingerprint density at radius 3 is 2.45 bits per heavy atom. The van der Waals surface area contributed by atoms with Crippen molar-refractivity contribution in [1.29, 1.82) is 0 Å². The van der Waals surface area contributed by atoms with E-state index in [1.54, 1.807) is 0 Å². The van der Waals surface area contributed by atoms with Gasteiger partial charge in [0.1, 0.15) is 0 Å². The minimum atomic E-state index is 0.0183. The summed E-state index contributed by atoms with van der Waals surface area (Å²) in [6.07, 6.45) is 4.50. The van der Waals surface area contributed by atoms with E-state index in [9.17, 15) is 4.79 Å². The van der Waals surface area contributed by atoms with Crippen molar-refractivity contribution >= 4 is 17.3 Å². The van der Waals surface area contributed by atoms with Crippen molar-refractivity contribution in [3.05, 3.63) is 24.3 Å². The van der Waals surface area contributed by atoms with Gasteiger partial charge >= 0.3 is 0 Å². The molecule has 1 unspecified atom stereocenters. The summed E-state index contributed by atoms with van der Waals surface area (Å²) in [5, 5.41) is 3.47. The average molecular weight is 273 g/mol. The van der Waals surface area contributed by atoms with Gasteiger partial charge in [0.15, 0.2) is 0 Å². The third-order valence-corrected chi connectivity index (χ3v) is 4.13. The third kappa shape index (κ3) is 2.80. The van der Waals surface area contributed by atoms with E-state index in [4.69, 9.17) is 0 Å². The van der Waals surface area contributed by atoms with Crippen LogP contribution in [-0.4, -0.2) is 38.6 Å². The molecule has 0 aromatic heterocycles. The lowest BCUT2D eigenvalue weighted by Crippen LogP contribution is -2.51. The molecule has 3 rings (SSSR count). The lowest BCUT2D eigenvalue weighted by atomic mass is 10.0. The van der Waals surface area contributed by atoms with Crippen LogP contribution < -0.4 is 15.1 Å². The maximum Gasteiger partial charge on any atom is 0.244 e. The van der Waals surface area contributed by atoms with Gasteiger partial charge in [-0.25, -0.2) is 0 Å². The van der Waals surface area contributed by atoms with Crippen LogP contribution in [0.2, 0.25) is 0 Å². The van der Waals surface area contributed by atoms with E-state index < -0.39 is 0 Å². The predicted octanol–water partition coefficient (Wildman–Crippen LogP) is 2.00. The van der Waals surface area contributed by atoms with Gasteiger partial charge in [0, 0.05) is 38.1 Å². The quantitative estimate of drug-likeness (QED) is 0.911. The van der Waals surface area contributed by atoms with Crippen molar-refractivity contribution in [2.45, 2.75) is 37.8 Å². The predicted molar refractivity (Wildman–Crippen MR) is 82.3 cm³/mol. The van der Waals surface area contributed by atoms with Crippen LogP contribution in [0.15, 0.2) is 24.3 Å². The van der Waals surface area contributed by atoms with E-state index in [2.05, 4.69) is 22.3 Å². The third-order valence-electron chi connectivity index (χ3n) is 4.13. The van der Waals surface area contributed by atoms with Gasteiger partial charge in [-0.15, -0.1) is 0 Å². The van der Waals surface area contributed by atoms with Crippen molar-refractivity contribution in [1.82, 2.24) is 5.32 Å². The molecule has 4 nitrogen and oxygen atoms in total. The number of rotatable bonds is 4. The highest BCUT2D eigenvalue weighted by Gasteiger charge is 2.33. The molecule has 1 aromatic rings. The Morgan fingerprint density at radius 2 is 1.85 bits per heavy atom. The van der Waals surface area contributed by atoms with Gasteiger partial charge in [-0.1, -0.05) is 0 Å². The first kappa shape index (κ1) is 13.4. The molecule has 20 heavy (non-hydrogen) atoms. The zero-order chi connectivity index (χ0) is 14.1. The first-order valence-corrected chi connectivity index (χ1v) is 7.50. The molecule has 1 saturated heterocycles. The monoisotopic (exact) mass is 273 g/mol. The second kappa shape index (κ2) is 5.44. The number of amides is 1. The highest BCUT2D eigenvalue weighted by molar-refractivity contribution is 5.98. The highest BCUT2D eigenvalue weighted by atomic mass is 16.2. The van der Waals surface area contributed by atoms with Crippen molar-refractivity contribution in [3.8, 4) is 0 Å². The first-order valence-electron chi connectivity index (χ1n) is 7.50. The maximum atomic E-state index is 12.6. The molecule has 1 N–H and O–H groups in total. The molecule has 1 aliphatic heterocycles. The zero-order valence-electron chi connectivity index (χ0n) is 12.3. The van der Waals surface area contributed by atoms with E-state index in [1.807, 2.05) is 31.1 Å². The van der Waals surface area contributed by atoms with Gasteiger partial charge in [-0.2, -0.15) is 0 Å². The van der Waals surface area contributed by atoms with E-state index in [0.717, 1.165) is 30.8 Å². The summed E-state index contributed by atoms with van der Waals surface area (Å²) in [5.41, 5.74) is 2.17. The van der Waals surface area contributed by atoms with E-state index in [0.29, 0.717) is 6.04 Å². The average Bonchev–Trinajstić information content (AvgIpc) is 3.25. The van der Waals surface area contributed by atoms with Gasteiger partial charge in [0.2, 0.25) is 5.91 Å². The number of hydrogen-bond acceptors (Lipinski definition) is 3. The van der Waals surface area contributed by atoms with Crippen LogP contribution in [-0.2, 0) is 4.79 Å². The molecular weight excluding hydrogens is 250 g/mol. The molecule has 4 heteroatoms. The molecule has 1 heterocycles. The molecule has 0 bridgehead atoms. The number of carbonyl (C=O) groups excluding carboxylic acids is 1. The van der Waals surface area contributed by atoms with E-state index >= 15 is 0 Å². The molecule has 2 aliphatic rings. The van der Waals surface area contributed by atoms with Crippen molar-refractivity contribution in [2.24, 2.45) is 0 Å². The molecule has 1 atom stereocenters. The number of piperidine rings is 1. The molecule has 0 radical (unpaired) electrons. The zero-order valence-corrected chi connectivity index (χ0v) is 12.3. The van der Waals surface area contributed by atoms with Crippen LogP contribution in [0.5, 0.6) is 0 Å². The van der Waals surface area contributed by atoms with E-state index in [-0.39, 0.29) is 11.9 Å². The van der Waals surface area contributed by atoms with E-state index in [1.165, 1.54) is 12.8 Å². The Bertz CT molecular complexity index is 479. The minimum absolute atomic E-state index is 0.0183. The molecule has 1 amide bonds. The minimum Gasteiger partial charge on any atom is -0.378 e. The van der Waals surface area contributed by atoms with Gasteiger partial charge in [-0.05, 0) is 49.9 Å². The fraction of sp³-hybridized carbons (Fsp3) is 0.562. The van der Waals surface area contributed by atoms with Crippen LogP contribution in [0, 0.1) is 0 Å². The highest BCUT2D eigenvalue weighted by Crippen LogP contribution is 2.26. The molecule has 0 spiro atoms.